The molecule has 0 aliphatic carbocycles. The Morgan fingerprint density at radius 1 is 1.39 bits per heavy atom. The zero-order valence-electron chi connectivity index (χ0n) is 12.2. The van der Waals surface area contributed by atoms with Crippen molar-refractivity contribution in [2.75, 3.05) is 5.32 Å². The van der Waals surface area contributed by atoms with E-state index in [9.17, 15) is 9.18 Å². The molecule has 0 aliphatic heterocycles. The van der Waals surface area contributed by atoms with Crippen molar-refractivity contribution in [3.8, 4) is 0 Å². The highest BCUT2D eigenvalue weighted by atomic mass is 79.9. The lowest BCUT2D eigenvalue weighted by Gasteiger charge is -2.06. The van der Waals surface area contributed by atoms with Crippen LogP contribution in [0.2, 0.25) is 0 Å². The summed E-state index contributed by atoms with van der Waals surface area (Å²) in [4.78, 5) is 12.2. The molecule has 2 heterocycles. The minimum absolute atomic E-state index is 0.190. The molecule has 0 saturated carbocycles. The molecule has 1 aromatic carbocycles. The summed E-state index contributed by atoms with van der Waals surface area (Å²) in [6.45, 7) is 2.15. The molecule has 1 amide bonds. The number of furan rings is 1. The molecule has 7 heteroatoms. The van der Waals surface area contributed by atoms with Crippen LogP contribution in [-0.2, 0) is 6.54 Å². The molecule has 0 aliphatic rings. The number of benzene rings is 1. The first-order chi connectivity index (χ1) is 11.0. The summed E-state index contributed by atoms with van der Waals surface area (Å²) in [5.41, 5.74) is 1.19. The van der Waals surface area contributed by atoms with Gasteiger partial charge in [0.05, 0.1) is 17.2 Å². The van der Waals surface area contributed by atoms with Gasteiger partial charge in [-0.15, -0.1) is 0 Å². The fourth-order valence-electron chi connectivity index (χ4n) is 2.12. The Labute approximate surface area is 140 Å². The van der Waals surface area contributed by atoms with E-state index in [1.165, 1.54) is 18.2 Å². The Kier molecular flexibility index (Phi) is 4.29. The maximum Gasteiger partial charge on any atom is 0.291 e. The monoisotopic (exact) mass is 377 g/mol. The van der Waals surface area contributed by atoms with Crippen molar-refractivity contribution in [3.05, 3.63) is 70.1 Å². The number of carbonyl (C=O) groups excluding carboxylic acids is 1. The maximum atomic E-state index is 13.1. The molecule has 3 rings (SSSR count). The minimum atomic E-state index is -0.382. The van der Waals surface area contributed by atoms with Gasteiger partial charge in [0.25, 0.3) is 5.91 Å². The Balaban J connectivity index is 1.70. The van der Waals surface area contributed by atoms with Gasteiger partial charge < -0.3 is 9.73 Å². The summed E-state index contributed by atoms with van der Waals surface area (Å²) in [5.74, 6) is 0.0790. The first-order valence-corrected chi connectivity index (χ1v) is 7.65. The first-order valence-electron chi connectivity index (χ1n) is 6.85. The number of hydrogen-bond acceptors (Lipinski definition) is 3. The van der Waals surface area contributed by atoms with Crippen LogP contribution in [0.15, 0.2) is 51.6 Å². The van der Waals surface area contributed by atoms with Crippen LogP contribution in [0.3, 0.4) is 0 Å². The average molecular weight is 378 g/mol. The molecule has 118 valence electrons. The van der Waals surface area contributed by atoms with Crippen LogP contribution in [0.25, 0.3) is 0 Å². The van der Waals surface area contributed by atoms with Crippen molar-refractivity contribution in [3.63, 3.8) is 0 Å². The third-order valence-corrected chi connectivity index (χ3v) is 3.65. The molecule has 0 radical (unpaired) electrons. The van der Waals surface area contributed by atoms with Crippen molar-refractivity contribution in [2.45, 2.75) is 13.5 Å². The Morgan fingerprint density at radius 3 is 2.91 bits per heavy atom. The van der Waals surface area contributed by atoms with Crippen LogP contribution in [0, 0.1) is 12.7 Å². The molecule has 0 unspecified atom stereocenters. The van der Waals surface area contributed by atoms with E-state index in [4.69, 9.17) is 4.42 Å². The van der Waals surface area contributed by atoms with Gasteiger partial charge in [-0.2, -0.15) is 5.10 Å². The van der Waals surface area contributed by atoms with E-state index in [-0.39, 0.29) is 17.5 Å². The molecule has 23 heavy (non-hydrogen) atoms. The van der Waals surface area contributed by atoms with Gasteiger partial charge >= 0.3 is 0 Å². The van der Waals surface area contributed by atoms with Gasteiger partial charge in [0.15, 0.2) is 5.76 Å². The van der Waals surface area contributed by atoms with Crippen LogP contribution >= 0.6 is 15.9 Å². The average Bonchev–Trinajstić information content (AvgIpc) is 3.12. The molecule has 0 bridgehead atoms. The van der Waals surface area contributed by atoms with Gasteiger partial charge in [-0.05, 0) is 58.7 Å². The molecular formula is C16H13BrFN3O2. The van der Waals surface area contributed by atoms with Crippen molar-refractivity contribution in [1.82, 2.24) is 9.78 Å². The number of aryl methyl sites for hydroxylation is 1. The van der Waals surface area contributed by atoms with Crippen molar-refractivity contribution in [2.24, 2.45) is 0 Å². The van der Waals surface area contributed by atoms with E-state index in [0.29, 0.717) is 23.6 Å². The van der Waals surface area contributed by atoms with E-state index in [1.54, 1.807) is 29.9 Å². The third-order valence-electron chi connectivity index (χ3n) is 3.24. The van der Waals surface area contributed by atoms with Crippen molar-refractivity contribution >= 4 is 27.5 Å². The summed E-state index contributed by atoms with van der Waals surface area (Å²) in [5, 5.41) is 6.83. The van der Waals surface area contributed by atoms with Crippen LogP contribution in [0.5, 0.6) is 0 Å². The SMILES string of the molecule is Cc1cc(F)ccc1NC(=O)c1ccc(Cn2cc(Br)cn2)o1. The van der Waals surface area contributed by atoms with Gasteiger partial charge in [-0.25, -0.2) is 4.39 Å². The summed E-state index contributed by atoms with van der Waals surface area (Å²) in [7, 11) is 0. The number of nitrogens with zero attached hydrogens (tertiary/aromatic N) is 2. The van der Waals surface area contributed by atoms with Crippen LogP contribution in [-0.4, -0.2) is 15.7 Å². The fourth-order valence-corrected chi connectivity index (χ4v) is 2.45. The topological polar surface area (TPSA) is 60.1 Å². The molecule has 5 nitrogen and oxygen atoms in total. The van der Waals surface area contributed by atoms with Gasteiger partial charge in [-0.3, -0.25) is 9.48 Å². The smallest absolute Gasteiger partial charge is 0.291 e. The lowest BCUT2D eigenvalue weighted by molar-refractivity contribution is 0.0994. The van der Waals surface area contributed by atoms with Crippen LogP contribution in [0.4, 0.5) is 10.1 Å². The molecule has 3 aromatic rings. The van der Waals surface area contributed by atoms with E-state index in [0.717, 1.165) is 4.47 Å². The normalized spacial score (nSPS) is 10.7. The van der Waals surface area contributed by atoms with Gasteiger partial charge in [0.2, 0.25) is 0 Å². The third kappa shape index (κ3) is 3.68. The number of anilines is 1. The van der Waals surface area contributed by atoms with Gasteiger partial charge in [0.1, 0.15) is 11.6 Å². The quantitative estimate of drug-likeness (QED) is 0.747. The second kappa shape index (κ2) is 6.37. The maximum absolute atomic E-state index is 13.1. The molecule has 0 atom stereocenters. The largest absolute Gasteiger partial charge is 0.454 e. The number of nitrogens with one attached hydrogen (secondary N) is 1. The van der Waals surface area contributed by atoms with Crippen LogP contribution < -0.4 is 5.32 Å². The number of amides is 1. The predicted octanol–water partition coefficient (Wildman–Crippen LogP) is 3.99. The summed E-state index contributed by atoms with van der Waals surface area (Å²) in [6, 6.07) is 7.50. The van der Waals surface area contributed by atoms with Crippen molar-refractivity contribution < 1.29 is 13.6 Å². The number of carbonyl (C=O) groups is 1. The van der Waals surface area contributed by atoms with E-state index >= 15 is 0 Å². The minimum Gasteiger partial charge on any atom is -0.454 e. The zero-order valence-corrected chi connectivity index (χ0v) is 13.8. The van der Waals surface area contributed by atoms with Gasteiger partial charge in [0, 0.05) is 11.9 Å². The number of rotatable bonds is 4. The molecule has 0 fully saturated rings. The molecule has 1 N–H and O–H groups in total. The highest BCUT2D eigenvalue weighted by Gasteiger charge is 2.13. The first kappa shape index (κ1) is 15.5. The molecule has 0 spiro atoms. The van der Waals surface area contributed by atoms with E-state index < -0.39 is 0 Å². The van der Waals surface area contributed by atoms with E-state index in [1.807, 2.05) is 6.20 Å². The van der Waals surface area contributed by atoms with E-state index in [2.05, 4.69) is 26.3 Å². The lowest BCUT2D eigenvalue weighted by Crippen LogP contribution is -2.12. The molecular weight excluding hydrogens is 365 g/mol. The second-order valence-corrected chi connectivity index (χ2v) is 5.95. The Morgan fingerprint density at radius 2 is 2.22 bits per heavy atom. The second-order valence-electron chi connectivity index (χ2n) is 5.04. The fraction of sp³-hybridized carbons (Fsp3) is 0.125. The zero-order chi connectivity index (χ0) is 16.4. The summed E-state index contributed by atoms with van der Waals surface area (Å²) < 4.78 is 21.2. The summed E-state index contributed by atoms with van der Waals surface area (Å²) >= 11 is 3.32. The predicted molar refractivity (Wildman–Crippen MR) is 86.8 cm³/mol. The standard InChI is InChI=1S/C16H13BrFN3O2/c1-10-6-12(18)2-4-14(10)20-16(22)15-5-3-13(23-15)9-21-8-11(17)7-19-21/h2-8H,9H2,1H3,(H,20,22). The highest BCUT2D eigenvalue weighted by Crippen LogP contribution is 2.18. The Hall–Kier alpha value is -2.41. The van der Waals surface area contributed by atoms with Crippen molar-refractivity contribution in [1.29, 1.82) is 0 Å². The molecule has 2 aromatic heterocycles. The number of hydrogen-bond donors (Lipinski definition) is 1. The van der Waals surface area contributed by atoms with Gasteiger partial charge in [-0.1, -0.05) is 0 Å². The number of halogens is 2. The summed E-state index contributed by atoms with van der Waals surface area (Å²) in [6.07, 6.45) is 3.48. The molecule has 0 saturated heterocycles. The highest BCUT2D eigenvalue weighted by molar-refractivity contribution is 9.10. The number of aromatic nitrogens is 2. The lowest BCUT2D eigenvalue weighted by atomic mass is 10.2. The Bertz CT molecular complexity index is 857. The van der Waals surface area contributed by atoms with Crippen LogP contribution in [0.1, 0.15) is 21.9 Å².